The molecule has 0 bridgehead atoms. The van der Waals surface area contributed by atoms with Gasteiger partial charge < -0.3 is 14.5 Å². The second kappa shape index (κ2) is 5.31. The van der Waals surface area contributed by atoms with Crippen LogP contribution in [0.1, 0.15) is 34.6 Å². The average molecular weight is 309 g/mol. The van der Waals surface area contributed by atoms with Gasteiger partial charge >= 0.3 is 0 Å². The first-order chi connectivity index (χ1) is 11.3. The Morgan fingerprint density at radius 1 is 1.26 bits per heavy atom. The predicted octanol–water partition coefficient (Wildman–Crippen LogP) is 2.90. The lowest BCUT2D eigenvalue weighted by Crippen LogP contribution is -2.21. The van der Waals surface area contributed by atoms with E-state index < -0.39 is 0 Å². The Morgan fingerprint density at radius 2 is 2.09 bits per heavy atom. The molecule has 1 aliphatic heterocycles. The molecule has 2 aromatic heterocycles. The number of amides is 1. The molecule has 0 saturated carbocycles. The third-order valence-electron chi connectivity index (χ3n) is 3.88. The van der Waals surface area contributed by atoms with Crippen molar-refractivity contribution in [2.24, 2.45) is 0 Å². The molecule has 6 nitrogen and oxygen atoms in total. The van der Waals surface area contributed by atoms with Crippen molar-refractivity contribution in [3.05, 3.63) is 59.5 Å². The van der Waals surface area contributed by atoms with E-state index in [2.05, 4.69) is 15.5 Å². The molecule has 1 unspecified atom stereocenters. The number of nitrogens with one attached hydrogen (secondary N) is 2. The number of aromatic amines is 1. The van der Waals surface area contributed by atoms with Gasteiger partial charge in [-0.1, -0.05) is 12.1 Å². The molecule has 0 aliphatic carbocycles. The van der Waals surface area contributed by atoms with Gasteiger partial charge in [-0.2, -0.15) is 5.10 Å². The minimum Gasteiger partial charge on any atom is -0.494 e. The number of H-pyrrole nitrogens is 1. The van der Waals surface area contributed by atoms with Crippen LogP contribution in [0.2, 0.25) is 0 Å². The fourth-order valence-electron chi connectivity index (χ4n) is 2.86. The Kier molecular flexibility index (Phi) is 3.15. The fraction of sp³-hybridized carbons (Fsp3) is 0.176. The van der Waals surface area contributed by atoms with Crippen LogP contribution in [0.15, 0.2) is 47.1 Å². The van der Waals surface area contributed by atoms with Gasteiger partial charge in [0.2, 0.25) is 0 Å². The third-order valence-corrected chi connectivity index (χ3v) is 3.88. The lowest BCUT2D eigenvalue weighted by molar-refractivity contribution is 0.0955. The summed E-state index contributed by atoms with van der Waals surface area (Å²) in [6, 6.07) is 11.1. The number of hydrogen-bond donors (Lipinski definition) is 2. The van der Waals surface area contributed by atoms with E-state index in [-0.39, 0.29) is 11.9 Å². The Morgan fingerprint density at radius 3 is 2.78 bits per heavy atom. The number of carbonyl (C=O) groups excluding carboxylic acids is 1. The molecular weight excluding hydrogens is 294 g/mol. The lowest BCUT2D eigenvalue weighted by atomic mass is 9.99. The molecule has 1 aromatic carbocycles. The summed E-state index contributed by atoms with van der Waals surface area (Å²) in [7, 11) is 0. The van der Waals surface area contributed by atoms with Gasteiger partial charge in [0.05, 0.1) is 18.9 Å². The first-order valence-electron chi connectivity index (χ1n) is 7.43. The molecule has 6 heteroatoms. The zero-order valence-electron chi connectivity index (χ0n) is 12.5. The maximum Gasteiger partial charge on any atom is 0.272 e. The van der Waals surface area contributed by atoms with Crippen LogP contribution in [0.5, 0.6) is 5.75 Å². The van der Waals surface area contributed by atoms with E-state index in [1.165, 1.54) is 0 Å². The molecule has 23 heavy (non-hydrogen) atoms. The van der Waals surface area contributed by atoms with Crippen molar-refractivity contribution in [1.29, 1.82) is 0 Å². The van der Waals surface area contributed by atoms with Crippen molar-refractivity contribution in [3.8, 4) is 17.2 Å². The highest BCUT2D eigenvalue weighted by Gasteiger charge is 2.36. The minimum absolute atomic E-state index is 0.187. The van der Waals surface area contributed by atoms with Gasteiger partial charge in [0.15, 0.2) is 11.5 Å². The van der Waals surface area contributed by atoms with Crippen molar-refractivity contribution >= 4 is 5.91 Å². The molecule has 2 N–H and O–H groups in total. The largest absolute Gasteiger partial charge is 0.494 e. The number of hydrogen-bond acceptors (Lipinski definition) is 4. The molecule has 3 heterocycles. The molecule has 4 rings (SSSR count). The van der Waals surface area contributed by atoms with E-state index >= 15 is 0 Å². The zero-order valence-corrected chi connectivity index (χ0v) is 12.5. The second-order valence-electron chi connectivity index (χ2n) is 5.25. The number of aromatic nitrogens is 2. The molecule has 0 radical (unpaired) electrons. The Balaban J connectivity index is 1.76. The molecular formula is C17H15N3O3. The van der Waals surface area contributed by atoms with Gasteiger partial charge in [0.1, 0.15) is 11.4 Å². The molecule has 1 aliphatic rings. The summed E-state index contributed by atoms with van der Waals surface area (Å²) < 4.78 is 10.9. The quantitative estimate of drug-likeness (QED) is 0.776. The van der Waals surface area contributed by atoms with Gasteiger partial charge in [0, 0.05) is 5.56 Å². The van der Waals surface area contributed by atoms with Gasteiger partial charge in [-0.25, -0.2) is 0 Å². The van der Waals surface area contributed by atoms with E-state index in [4.69, 9.17) is 9.15 Å². The number of rotatable bonds is 4. The molecule has 0 spiro atoms. The number of fused-ring (bicyclic) bond motifs is 1. The van der Waals surface area contributed by atoms with Gasteiger partial charge in [0.25, 0.3) is 5.91 Å². The second-order valence-corrected chi connectivity index (χ2v) is 5.25. The summed E-state index contributed by atoms with van der Waals surface area (Å²) in [5.41, 5.74) is 2.92. The van der Waals surface area contributed by atoms with Crippen molar-refractivity contribution in [2.45, 2.75) is 13.0 Å². The van der Waals surface area contributed by atoms with E-state index in [9.17, 15) is 4.79 Å². The normalized spacial score (nSPS) is 16.2. The smallest absolute Gasteiger partial charge is 0.272 e. The van der Waals surface area contributed by atoms with Crippen molar-refractivity contribution < 1.29 is 13.9 Å². The summed E-state index contributed by atoms with van der Waals surface area (Å²) in [5, 5.41) is 10.0. The van der Waals surface area contributed by atoms with Crippen molar-refractivity contribution in [3.63, 3.8) is 0 Å². The molecule has 1 amide bonds. The van der Waals surface area contributed by atoms with Crippen LogP contribution in [0.3, 0.4) is 0 Å². The van der Waals surface area contributed by atoms with E-state index in [1.807, 2.05) is 37.3 Å². The maximum atomic E-state index is 12.2. The minimum atomic E-state index is -0.257. The van der Waals surface area contributed by atoms with Crippen LogP contribution in [0.25, 0.3) is 11.5 Å². The number of nitrogens with zero attached hydrogens (tertiary/aromatic N) is 1. The SMILES string of the molecule is CCOc1ccc(C2NC(=O)c3n[nH]c(-c4ccco4)c32)cc1. The van der Waals surface area contributed by atoms with Crippen LogP contribution in [-0.4, -0.2) is 22.7 Å². The van der Waals surface area contributed by atoms with E-state index in [0.29, 0.717) is 18.1 Å². The fourth-order valence-corrected chi connectivity index (χ4v) is 2.86. The summed E-state index contributed by atoms with van der Waals surface area (Å²) in [5.74, 6) is 1.28. The molecule has 0 saturated heterocycles. The van der Waals surface area contributed by atoms with Crippen LogP contribution < -0.4 is 10.1 Å². The molecule has 3 aromatic rings. The number of ether oxygens (including phenoxy) is 1. The van der Waals surface area contributed by atoms with Gasteiger partial charge in [-0.05, 0) is 36.8 Å². The highest BCUT2D eigenvalue weighted by atomic mass is 16.5. The van der Waals surface area contributed by atoms with Crippen LogP contribution in [0, 0.1) is 0 Å². The Bertz CT molecular complexity index is 835. The summed E-state index contributed by atoms with van der Waals surface area (Å²) in [6.07, 6.45) is 1.60. The standard InChI is InChI=1S/C17H15N3O3/c1-2-22-11-7-5-10(6-8-11)14-13-15(12-4-3-9-23-12)19-20-16(13)17(21)18-14/h3-9,14H,2H2,1H3,(H,18,21)(H,19,20). The summed E-state index contributed by atoms with van der Waals surface area (Å²) >= 11 is 0. The predicted molar refractivity (Wildman–Crippen MR) is 83.2 cm³/mol. The highest BCUT2D eigenvalue weighted by Crippen LogP contribution is 2.37. The van der Waals surface area contributed by atoms with Crippen LogP contribution in [0.4, 0.5) is 0 Å². The number of furan rings is 1. The summed E-state index contributed by atoms with van der Waals surface area (Å²) in [6.45, 7) is 2.56. The third kappa shape index (κ3) is 2.19. The van der Waals surface area contributed by atoms with Gasteiger partial charge in [-0.15, -0.1) is 0 Å². The lowest BCUT2D eigenvalue weighted by Gasteiger charge is -2.13. The first kappa shape index (κ1) is 13.6. The number of carbonyl (C=O) groups is 1. The van der Waals surface area contributed by atoms with E-state index in [0.717, 1.165) is 22.6 Å². The molecule has 1 atom stereocenters. The first-order valence-corrected chi connectivity index (χ1v) is 7.43. The highest BCUT2D eigenvalue weighted by molar-refractivity contribution is 5.99. The Hall–Kier alpha value is -3.02. The monoisotopic (exact) mass is 309 g/mol. The van der Waals surface area contributed by atoms with Crippen molar-refractivity contribution in [2.75, 3.05) is 6.61 Å². The zero-order chi connectivity index (χ0) is 15.8. The Labute approximate surface area is 132 Å². The van der Waals surface area contributed by atoms with E-state index in [1.54, 1.807) is 12.3 Å². The molecule has 0 fully saturated rings. The van der Waals surface area contributed by atoms with Crippen LogP contribution >= 0.6 is 0 Å². The number of benzene rings is 1. The molecule has 116 valence electrons. The van der Waals surface area contributed by atoms with Gasteiger partial charge in [-0.3, -0.25) is 9.89 Å². The van der Waals surface area contributed by atoms with Crippen molar-refractivity contribution in [1.82, 2.24) is 15.5 Å². The van der Waals surface area contributed by atoms with Crippen LogP contribution in [-0.2, 0) is 0 Å². The average Bonchev–Trinajstić information content (AvgIpc) is 3.27. The summed E-state index contributed by atoms with van der Waals surface area (Å²) in [4.78, 5) is 12.2. The topological polar surface area (TPSA) is 80.1 Å². The maximum absolute atomic E-state index is 12.2.